The van der Waals surface area contributed by atoms with Crippen molar-refractivity contribution in [3.63, 3.8) is 0 Å². The van der Waals surface area contributed by atoms with E-state index < -0.39 is 0 Å². The number of methoxy groups -OCH3 is 1. The number of rotatable bonds is 6. The van der Waals surface area contributed by atoms with Gasteiger partial charge < -0.3 is 4.74 Å². The number of ether oxygens (including phenoxy) is 1. The van der Waals surface area contributed by atoms with Crippen molar-refractivity contribution in [2.75, 3.05) is 13.7 Å². The number of benzene rings is 2. The summed E-state index contributed by atoms with van der Waals surface area (Å²) in [5.41, 5.74) is 3.44. The van der Waals surface area contributed by atoms with Gasteiger partial charge in [0.05, 0.1) is 16.7 Å². The van der Waals surface area contributed by atoms with Gasteiger partial charge in [-0.15, -0.1) is 12.4 Å². The molecule has 136 valence electrons. The van der Waals surface area contributed by atoms with Crippen LogP contribution in [0.1, 0.15) is 23.1 Å². The number of fused-ring (bicyclic) bond motifs is 1. The fourth-order valence-electron chi connectivity index (χ4n) is 3.24. The normalized spacial score (nSPS) is 14.9. The predicted molar refractivity (Wildman–Crippen MR) is 103 cm³/mol. The van der Waals surface area contributed by atoms with E-state index in [9.17, 15) is 4.39 Å². The Morgan fingerprint density at radius 2 is 1.84 bits per heavy atom. The number of aryl methyl sites for hydroxylation is 1. The molecule has 0 radical (unpaired) electrons. The number of halogens is 4. The molecule has 3 rings (SSSR count). The lowest BCUT2D eigenvalue weighted by Crippen LogP contribution is -2.35. The van der Waals surface area contributed by atoms with Gasteiger partial charge >= 0.3 is 0 Å². The Labute approximate surface area is 164 Å². The lowest BCUT2D eigenvalue weighted by atomic mass is 10.0. The molecule has 6 heteroatoms. The molecule has 0 unspecified atom stereocenters. The summed E-state index contributed by atoms with van der Waals surface area (Å²) < 4.78 is 18.8. The van der Waals surface area contributed by atoms with E-state index in [1.165, 1.54) is 11.6 Å². The lowest BCUT2D eigenvalue weighted by Gasteiger charge is -2.27. The smallest absolute Gasteiger partial charge is 0.123 e. The van der Waals surface area contributed by atoms with Crippen molar-refractivity contribution in [2.24, 2.45) is 0 Å². The Kier molecular flexibility index (Phi) is 7.53. The molecule has 0 amide bonds. The van der Waals surface area contributed by atoms with E-state index in [2.05, 4.69) is 4.90 Å². The Morgan fingerprint density at radius 3 is 2.56 bits per heavy atom. The number of hydrogen-bond acceptors (Lipinski definition) is 2. The monoisotopic (exact) mass is 403 g/mol. The first-order valence-corrected chi connectivity index (χ1v) is 8.76. The minimum absolute atomic E-state index is 0. The van der Waals surface area contributed by atoms with E-state index in [0.717, 1.165) is 37.1 Å². The SMILES string of the molecule is COC[C@H](CCc1ccc(Cl)c(Cl)c1)N1Cc2ccc(F)cc2C1.Cl. The minimum Gasteiger partial charge on any atom is -0.383 e. The third-order valence-corrected chi connectivity index (χ3v) is 5.28. The second-order valence-corrected chi connectivity index (χ2v) is 7.03. The Morgan fingerprint density at radius 1 is 1.08 bits per heavy atom. The fourth-order valence-corrected chi connectivity index (χ4v) is 3.56. The molecule has 25 heavy (non-hydrogen) atoms. The van der Waals surface area contributed by atoms with Gasteiger partial charge in [0.1, 0.15) is 5.82 Å². The molecular formula is C19H21Cl3FNO. The highest BCUT2D eigenvalue weighted by Crippen LogP contribution is 2.28. The van der Waals surface area contributed by atoms with Crippen LogP contribution in [0.2, 0.25) is 10.0 Å². The van der Waals surface area contributed by atoms with Gasteiger partial charge in [-0.05, 0) is 53.8 Å². The average Bonchev–Trinajstić information content (AvgIpc) is 2.97. The summed E-state index contributed by atoms with van der Waals surface area (Å²) in [7, 11) is 1.72. The molecule has 0 aliphatic carbocycles. The van der Waals surface area contributed by atoms with Gasteiger partial charge in [0.2, 0.25) is 0 Å². The third-order valence-electron chi connectivity index (χ3n) is 4.54. The van der Waals surface area contributed by atoms with Crippen LogP contribution < -0.4 is 0 Å². The summed E-state index contributed by atoms with van der Waals surface area (Å²) >= 11 is 12.1. The van der Waals surface area contributed by atoms with Crippen molar-refractivity contribution in [1.82, 2.24) is 4.90 Å². The maximum Gasteiger partial charge on any atom is 0.123 e. The first-order valence-electron chi connectivity index (χ1n) is 8.01. The summed E-state index contributed by atoms with van der Waals surface area (Å²) in [6, 6.07) is 11.1. The van der Waals surface area contributed by atoms with E-state index in [4.69, 9.17) is 27.9 Å². The van der Waals surface area contributed by atoms with Gasteiger partial charge in [-0.2, -0.15) is 0 Å². The number of hydrogen-bond donors (Lipinski definition) is 0. The zero-order valence-corrected chi connectivity index (χ0v) is 16.3. The van der Waals surface area contributed by atoms with Crippen LogP contribution in [-0.4, -0.2) is 24.7 Å². The molecule has 0 saturated carbocycles. The van der Waals surface area contributed by atoms with Crippen LogP contribution >= 0.6 is 35.6 Å². The summed E-state index contributed by atoms with van der Waals surface area (Å²) in [6.45, 7) is 2.26. The molecule has 2 nitrogen and oxygen atoms in total. The lowest BCUT2D eigenvalue weighted by molar-refractivity contribution is 0.0833. The molecule has 0 saturated heterocycles. The summed E-state index contributed by atoms with van der Waals surface area (Å²) in [5.74, 6) is -0.172. The maximum absolute atomic E-state index is 13.4. The van der Waals surface area contributed by atoms with Gasteiger partial charge in [-0.3, -0.25) is 4.90 Å². The Hall–Kier alpha value is -0.840. The standard InChI is InChI=1S/C19H20Cl2FNO.ClH/c1-24-12-17(6-2-13-3-7-18(20)19(21)8-13)23-10-14-4-5-16(22)9-15(14)11-23;/h3-5,7-9,17H,2,6,10-12H2,1H3;1H/t17-;/m0./s1. The predicted octanol–water partition coefficient (Wildman–Crippen LogP) is 5.52. The van der Waals surface area contributed by atoms with Crippen molar-refractivity contribution in [1.29, 1.82) is 0 Å². The van der Waals surface area contributed by atoms with Crippen molar-refractivity contribution in [2.45, 2.75) is 32.0 Å². The van der Waals surface area contributed by atoms with Crippen LogP contribution in [-0.2, 0) is 24.2 Å². The zero-order chi connectivity index (χ0) is 17.1. The molecule has 0 bridgehead atoms. The van der Waals surface area contributed by atoms with Crippen molar-refractivity contribution >= 4 is 35.6 Å². The van der Waals surface area contributed by atoms with Gasteiger partial charge in [-0.25, -0.2) is 4.39 Å². The first kappa shape index (κ1) is 20.5. The number of nitrogens with zero attached hydrogens (tertiary/aromatic N) is 1. The van der Waals surface area contributed by atoms with Crippen LogP contribution in [0.15, 0.2) is 36.4 Å². The fraction of sp³-hybridized carbons (Fsp3) is 0.368. The molecule has 0 N–H and O–H groups in total. The molecule has 0 fully saturated rings. The minimum atomic E-state index is -0.172. The summed E-state index contributed by atoms with van der Waals surface area (Å²) in [4.78, 5) is 2.35. The van der Waals surface area contributed by atoms with Gasteiger partial charge in [0.25, 0.3) is 0 Å². The molecule has 2 aromatic carbocycles. The largest absolute Gasteiger partial charge is 0.383 e. The highest BCUT2D eigenvalue weighted by Gasteiger charge is 2.26. The van der Waals surface area contributed by atoms with Crippen LogP contribution in [0.3, 0.4) is 0 Å². The maximum atomic E-state index is 13.4. The van der Waals surface area contributed by atoms with Crippen LogP contribution in [0, 0.1) is 5.82 Å². The van der Waals surface area contributed by atoms with Crippen LogP contribution in [0.4, 0.5) is 4.39 Å². The average molecular weight is 405 g/mol. The molecule has 1 atom stereocenters. The van der Waals surface area contributed by atoms with E-state index in [1.807, 2.05) is 24.3 Å². The van der Waals surface area contributed by atoms with Crippen LogP contribution in [0.5, 0.6) is 0 Å². The second-order valence-electron chi connectivity index (χ2n) is 6.21. The zero-order valence-electron chi connectivity index (χ0n) is 14.0. The first-order chi connectivity index (χ1) is 11.6. The van der Waals surface area contributed by atoms with E-state index in [-0.39, 0.29) is 24.3 Å². The highest BCUT2D eigenvalue weighted by molar-refractivity contribution is 6.42. The molecule has 1 heterocycles. The molecule has 1 aliphatic rings. The Balaban J connectivity index is 0.00000225. The van der Waals surface area contributed by atoms with Crippen molar-refractivity contribution in [3.8, 4) is 0 Å². The van der Waals surface area contributed by atoms with Crippen LogP contribution in [0.25, 0.3) is 0 Å². The van der Waals surface area contributed by atoms with Crippen molar-refractivity contribution < 1.29 is 9.13 Å². The van der Waals surface area contributed by atoms with E-state index in [1.54, 1.807) is 13.2 Å². The van der Waals surface area contributed by atoms with Gasteiger partial charge in [0, 0.05) is 26.2 Å². The quantitative estimate of drug-likeness (QED) is 0.629. The van der Waals surface area contributed by atoms with Crippen molar-refractivity contribution in [3.05, 3.63) is 69.0 Å². The molecule has 2 aromatic rings. The topological polar surface area (TPSA) is 12.5 Å². The van der Waals surface area contributed by atoms with E-state index >= 15 is 0 Å². The second kappa shape index (κ2) is 9.20. The summed E-state index contributed by atoms with van der Waals surface area (Å²) in [6.07, 6.45) is 1.84. The van der Waals surface area contributed by atoms with Gasteiger partial charge in [0.15, 0.2) is 0 Å². The summed E-state index contributed by atoms with van der Waals surface area (Å²) in [5, 5.41) is 1.16. The molecular weight excluding hydrogens is 384 g/mol. The molecule has 0 spiro atoms. The molecule has 1 aliphatic heterocycles. The van der Waals surface area contributed by atoms with Gasteiger partial charge in [-0.1, -0.05) is 35.3 Å². The highest BCUT2D eigenvalue weighted by atomic mass is 35.5. The Bertz CT molecular complexity index is 726. The third kappa shape index (κ3) is 5.08. The van der Waals surface area contributed by atoms with E-state index in [0.29, 0.717) is 16.7 Å². The molecule has 0 aromatic heterocycles.